The van der Waals surface area contributed by atoms with Crippen molar-refractivity contribution in [2.45, 2.75) is 38.7 Å². The second-order valence-electron chi connectivity index (χ2n) is 5.59. The zero-order valence-corrected chi connectivity index (χ0v) is 11.9. The predicted molar refractivity (Wildman–Crippen MR) is 70.9 cm³/mol. The third-order valence-electron chi connectivity index (χ3n) is 3.41. The van der Waals surface area contributed by atoms with Crippen LogP contribution in [0, 0.1) is 5.92 Å². The summed E-state index contributed by atoms with van der Waals surface area (Å²) in [6.45, 7) is 3.76. The highest BCUT2D eigenvalue weighted by Crippen LogP contribution is 2.17. The van der Waals surface area contributed by atoms with Gasteiger partial charge in [-0.2, -0.15) is 0 Å². The van der Waals surface area contributed by atoms with Crippen molar-refractivity contribution in [3.63, 3.8) is 0 Å². The van der Waals surface area contributed by atoms with Gasteiger partial charge in [0, 0.05) is 26.6 Å². The van der Waals surface area contributed by atoms with E-state index in [1.807, 2.05) is 0 Å². The van der Waals surface area contributed by atoms with E-state index in [0.717, 1.165) is 6.42 Å². The van der Waals surface area contributed by atoms with E-state index < -0.39 is 18.0 Å². The van der Waals surface area contributed by atoms with Gasteiger partial charge < -0.3 is 20.4 Å². The third-order valence-corrected chi connectivity index (χ3v) is 3.41. The number of piperidine rings is 1. The van der Waals surface area contributed by atoms with E-state index in [2.05, 4.69) is 5.32 Å². The van der Waals surface area contributed by atoms with Gasteiger partial charge in [-0.3, -0.25) is 14.4 Å². The molecule has 2 atom stereocenters. The summed E-state index contributed by atoms with van der Waals surface area (Å²) in [7, 11) is 0. The molecule has 1 aliphatic rings. The minimum Gasteiger partial charge on any atom is -0.481 e. The van der Waals surface area contributed by atoms with Gasteiger partial charge in [0.15, 0.2) is 0 Å². The molecule has 1 aliphatic heterocycles. The third kappa shape index (κ3) is 5.16. The van der Waals surface area contributed by atoms with Crippen molar-refractivity contribution in [3.8, 4) is 0 Å². The molecule has 114 valence electrons. The van der Waals surface area contributed by atoms with Gasteiger partial charge in [-0.1, -0.05) is 0 Å². The van der Waals surface area contributed by atoms with Gasteiger partial charge in [-0.05, 0) is 19.8 Å². The molecule has 0 aromatic heterocycles. The van der Waals surface area contributed by atoms with E-state index in [1.165, 1.54) is 13.8 Å². The number of likely N-dealkylation sites (tertiary alicyclic amines) is 1. The molecule has 1 rings (SSSR count). The van der Waals surface area contributed by atoms with Crippen molar-refractivity contribution in [2.75, 3.05) is 19.6 Å². The van der Waals surface area contributed by atoms with E-state index in [9.17, 15) is 19.5 Å². The topological polar surface area (TPSA) is 107 Å². The van der Waals surface area contributed by atoms with E-state index in [0.29, 0.717) is 19.5 Å². The molecule has 0 aliphatic carbocycles. The number of carboxylic acids is 1. The summed E-state index contributed by atoms with van der Waals surface area (Å²) < 4.78 is 0. The molecule has 1 saturated heterocycles. The van der Waals surface area contributed by atoms with Crippen LogP contribution in [0.1, 0.15) is 33.1 Å². The fourth-order valence-corrected chi connectivity index (χ4v) is 2.29. The fourth-order valence-electron chi connectivity index (χ4n) is 2.29. The Hall–Kier alpha value is -1.63. The maximum absolute atomic E-state index is 12.0. The highest BCUT2D eigenvalue weighted by Gasteiger charge is 2.29. The lowest BCUT2D eigenvalue weighted by Gasteiger charge is -2.32. The Bertz CT molecular complexity index is 394. The largest absolute Gasteiger partial charge is 0.481 e. The zero-order valence-electron chi connectivity index (χ0n) is 11.9. The van der Waals surface area contributed by atoms with E-state index in [-0.39, 0.29) is 24.3 Å². The maximum Gasteiger partial charge on any atom is 0.306 e. The van der Waals surface area contributed by atoms with Crippen molar-refractivity contribution >= 4 is 17.8 Å². The number of nitrogens with one attached hydrogen (secondary N) is 1. The second-order valence-corrected chi connectivity index (χ2v) is 5.59. The fraction of sp³-hybridized carbons (Fsp3) is 0.769. The van der Waals surface area contributed by atoms with Crippen LogP contribution in [0.5, 0.6) is 0 Å². The number of hydrogen-bond donors (Lipinski definition) is 3. The van der Waals surface area contributed by atoms with Gasteiger partial charge in [0.2, 0.25) is 11.8 Å². The van der Waals surface area contributed by atoms with Crippen molar-refractivity contribution < 1.29 is 24.6 Å². The second kappa shape index (κ2) is 6.69. The monoisotopic (exact) mass is 286 g/mol. The molecule has 1 fully saturated rings. The normalized spacial score (nSPS) is 21.9. The lowest BCUT2D eigenvalue weighted by atomic mass is 9.96. The summed E-state index contributed by atoms with van der Waals surface area (Å²) in [5, 5.41) is 21.0. The van der Waals surface area contributed by atoms with Crippen LogP contribution in [0.25, 0.3) is 0 Å². The average Bonchev–Trinajstić information content (AvgIpc) is 2.34. The van der Waals surface area contributed by atoms with Crippen LogP contribution in [-0.2, 0) is 14.4 Å². The lowest BCUT2D eigenvalue weighted by molar-refractivity contribution is -0.143. The van der Waals surface area contributed by atoms with Gasteiger partial charge in [-0.15, -0.1) is 0 Å². The highest BCUT2D eigenvalue weighted by molar-refractivity contribution is 5.80. The minimum absolute atomic E-state index is 0.0552. The summed E-state index contributed by atoms with van der Waals surface area (Å²) >= 11 is 0. The van der Waals surface area contributed by atoms with E-state index in [4.69, 9.17) is 5.11 Å². The molecule has 3 N–H and O–H groups in total. The highest BCUT2D eigenvalue weighted by atomic mass is 16.4. The van der Waals surface area contributed by atoms with Crippen molar-refractivity contribution in [1.82, 2.24) is 10.2 Å². The molecule has 0 aromatic rings. The molecular weight excluding hydrogens is 264 g/mol. The summed E-state index contributed by atoms with van der Waals surface area (Å²) in [5.41, 5.74) is -1.48. The molecule has 20 heavy (non-hydrogen) atoms. The van der Waals surface area contributed by atoms with Crippen LogP contribution in [0.4, 0.5) is 0 Å². The number of carboxylic acid groups (broad SMARTS) is 1. The van der Waals surface area contributed by atoms with Gasteiger partial charge in [0.05, 0.1) is 17.9 Å². The number of aliphatic hydroxyl groups is 1. The van der Waals surface area contributed by atoms with Crippen LogP contribution in [0.2, 0.25) is 0 Å². The Morgan fingerprint density at radius 3 is 2.60 bits per heavy atom. The summed E-state index contributed by atoms with van der Waals surface area (Å²) in [5.74, 6) is -1.72. The summed E-state index contributed by atoms with van der Waals surface area (Å²) in [4.78, 5) is 35.5. The molecule has 1 heterocycles. The first kappa shape index (κ1) is 16.4. The molecule has 0 radical (unpaired) electrons. The molecule has 7 heteroatoms. The predicted octanol–water partition coefficient (Wildman–Crippen LogP) is -0.413. The number of nitrogens with zero attached hydrogens (tertiary/aromatic N) is 1. The van der Waals surface area contributed by atoms with E-state index >= 15 is 0 Å². The van der Waals surface area contributed by atoms with Crippen molar-refractivity contribution in [3.05, 3.63) is 0 Å². The molecule has 2 unspecified atom stereocenters. The minimum atomic E-state index is -1.48. The van der Waals surface area contributed by atoms with Crippen LogP contribution in [-0.4, -0.2) is 58.1 Å². The number of hydrogen-bond acceptors (Lipinski definition) is 4. The number of rotatable bonds is 5. The van der Waals surface area contributed by atoms with Crippen LogP contribution in [0.15, 0.2) is 0 Å². The maximum atomic E-state index is 12.0. The number of amides is 2. The Morgan fingerprint density at radius 2 is 2.05 bits per heavy atom. The Morgan fingerprint density at radius 1 is 1.40 bits per heavy atom. The number of carbonyl (C=O) groups excluding carboxylic acids is 2. The standard InChI is InChI=1S/C13H22N2O5/c1-9(16)15-5-3-4-10(7-15)12(19)14-8-13(2,20)6-11(17)18/h10,20H,3-8H2,1-2H3,(H,14,19)(H,17,18). The molecule has 0 aromatic carbocycles. The number of aliphatic carboxylic acids is 1. The summed E-state index contributed by atoms with van der Waals surface area (Å²) in [6.07, 6.45) is 1.03. The first-order valence-electron chi connectivity index (χ1n) is 6.69. The first-order valence-corrected chi connectivity index (χ1v) is 6.69. The molecule has 7 nitrogen and oxygen atoms in total. The van der Waals surface area contributed by atoms with Crippen LogP contribution >= 0.6 is 0 Å². The zero-order chi connectivity index (χ0) is 15.3. The molecule has 0 bridgehead atoms. The lowest BCUT2D eigenvalue weighted by Crippen LogP contribution is -2.48. The molecular formula is C13H22N2O5. The molecule has 0 saturated carbocycles. The van der Waals surface area contributed by atoms with Crippen LogP contribution in [0.3, 0.4) is 0 Å². The summed E-state index contributed by atoms with van der Waals surface area (Å²) in [6, 6.07) is 0. The molecule has 2 amide bonds. The Labute approximate surface area is 117 Å². The van der Waals surface area contributed by atoms with Crippen LogP contribution < -0.4 is 5.32 Å². The van der Waals surface area contributed by atoms with Gasteiger partial charge in [0.25, 0.3) is 0 Å². The molecule has 0 spiro atoms. The van der Waals surface area contributed by atoms with Crippen molar-refractivity contribution in [2.24, 2.45) is 5.92 Å². The smallest absolute Gasteiger partial charge is 0.306 e. The van der Waals surface area contributed by atoms with Gasteiger partial charge in [0.1, 0.15) is 0 Å². The SMILES string of the molecule is CC(=O)N1CCCC(C(=O)NCC(C)(O)CC(=O)O)C1. The van der Waals surface area contributed by atoms with Crippen molar-refractivity contribution in [1.29, 1.82) is 0 Å². The Kier molecular flexibility index (Phi) is 5.50. The van der Waals surface area contributed by atoms with E-state index in [1.54, 1.807) is 4.90 Å². The first-order chi connectivity index (χ1) is 9.21. The average molecular weight is 286 g/mol. The van der Waals surface area contributed by atoms with Gasteiger partial charge in [-0.25, -0.2) is 0 Å². The number of carbonyl (C=O) groups is 3. The quantitative estimate of drug-likeness (QED) is 0.636. The van der Waals surface area contributed by atoms with Gasteiger partial charge >= 0.3 is 5.97 Å². The Balaban J connectivity index is 2.46.